The van der Waals surface area contributed by atoms with Gasteiger partial charge in [0.05, 0.1) is 10.0 Å². The lowest BCUT2D eigenvalue weighted by molar-refractivity contribution is 0.0696. The molecule has 0 atom stereocenters. The van der Waals surface area contributed by atoms with Gasteiger partial charge in [-0.25, -0.2) is 13.2 Å². The maximum Gasteiger partial charge on any atom is 0.335 e. The predicted octanol–water partition coefficient (Wildman–Crippen LogP) is 3.34. The molecule has 0 saturated heterocycles. The number of aromatic carboxylic acids is 1. The molecule has 0 aliphatic heterocycles. The number of para-hydroxylation sites is 1. The lowest BCUT2D eigenvalue weighted by atomic mass is 10.2. The standard InChI is InChI=1S/C14H11BrO5S/c1-21(18,19)13-5-3-2-4-11(13)20-12-8-9(14(16)17)6-7-10(12)15/h2-8H,1H3,(H,16,17). The van der Waals surface area contributed by atoms with Gasteiger partial charge in [0.15, 0.2) is 9.84 Å². The molecule has 21 heavy (non-hydrogen) atoms. The molecule has 1 N–H and O–H groups in total. The first kappa shape index (κ1) is 15.5. The number of carboxylic acids is 1. The van der Waals surface area contributed by atoms with Crippen LogP contribution in [0.2, 0.25) is 0 Å². The average Bonchev–Trinajstić information content (AvgIpc) is 2.40. The Kier molecular flexibility index (Phi) is 4.34. The second-order valence-corrected chi connectivity index (χ2v) is 7.11. The van der Waals surface area contributed by atoms with Crippen LogP contribution in [0.25, 0.3) is 0 Å². The van der Waals surface area contributed by atoms with Crippen LogP contribution in [0.3, 0.4) is 0 Å². The fraction of sp³-hybridized carbons (Fsp3) is 0.0714. The molecule has 2 aromatic carbocycles. The van der Waals surface area contributed by atoms with E-state index in [0.29, 0.717) is 4.47 Å². The van der Waals surface area contributed by atoms with E-state index in [1.165, 1.54) is 30.3 Å². The van der Waals surface area contributed by atoms with E-state index in [-0.39, 0.29) is 22.0 Å². The van der Waals surface area contributed by atoms with Gasteiger partial charge in [0, 0.05) is 6.26 Å². The first-order valence-electron chi connectivity index (χ1n) is 5.79. The molecule has 0 fully saturated rings. The highest BCUT2D eigenvalue weighted by atomic mass is 79.9. The van der Waals surface area contributed by atoms with Gasteiger partial charge in [-0.1, -0.05) is 12.1 Å². The number of benzene rings is 2. The highest BCUT2D eigenvalue weighted by molar-refractivity contribution is 9.10. The minimum absolute atomic E-state index is 0.0395. The summed E-state index contributed by atoms with van der Waals surface area (Å²) >= 11 is 3.24. The van der Waals surface area contributed by atoms with Crippen molar-refractivity contribution < 1.29 is 23.1 Å². The summed E-state index contributed by atoms with van der Waals surface area (Å²) in [5.41, 5.74) is 0.0463. The molecule has 0 aliphatic rings. The molecule has 5 nitrogen and oxygen atoms in total. The SMILES string of the molecule is CS(=O)(=O)c1ccccc1Oc1cc(C(=O)O)ccc1Br. The van der Waals surface area contributed by atoms with E-state index in [4.69, 9.17) is 9.84 Å². The van der Waals surface area contributed by atoms with Crippen LogP contribution < -0.4 is 4.74 Å². The number of hydrogen-bond acceptors (Lipinski definition) is 4. The molecule has 0 spiro atoms. The van der Waals surface area contributed by atoms with Crippen LogP contribution in [0.4, 0.5) is 0 Å². The summed E-state index contributed by atoms with van der Waals surface area (Å²) in [4.78, 5) is 11.0. The highest BCUT2D eigenvalue weighted by Gasteiger charge is 2.16. The minimum atomic E-state index is -3.45. The summed E-state index contributed by atoms with van der Waals surface area (Å²) in [5.74, 6) is -0.724. The molecule has 0 saturated carbocycles. The number of halogens is 1. The Morgan fingerprint density at radius 2 is 1.81 bits per heavy atom. The van der Waals surface area contributed by atoms with Crippen LogP contribution in [0.1, 0.15) is 10.4 Å². The third-order valence-corrected chi connectivity index (χ3v) is 4.44. The molecular formula is C14H11BrO5S. The number of carboxylic acid groups (broad SMARTS) is 1. The molecular weight excluding hydrogens is 360 g/mol. The Morgan fingerprint density at radius 1 is 1.14 bits per heavy atom. The largest absolute Gasteiger partial charge is 0.478 e. The van der Waals surface area contributed by atoms with Crippen molar-refractivity contribution in [3.05, 3.63) is 52.5 Å². The van der Waals surface area contributed by atoms with E-state index >= 15 is 0 Å². The van der Waals surface area contributed by atoms with Crippen molar-refractivity contribution in [2.24, 2.45) is 0 Å². The molecule has 0 aliphatic carbocycles. The van der Waals surface area contributed by atoms with Gasteiger partial charge >= 0.3 is 5.97 Å². The van der Waals surface area contributed by atoms with Gasteiger partial charge in [-0.15, -0.1) is 0 Å². The third kappa shape index (κ3) is 3.62. The van der Waals surface area contributed by atoms with Crippen LogP contribution in [-0.2, 0) is 9.84 Å². The van der Waals surface area contributed by atoms with Crippen molar-refractivity contribution in [3.8, 4) is 11.5 Å². The first-order chi connectivity index (χ1) is 9.79. The summed E-state index contributed by atoms with van der Waals surface area (Å²) in [6.45, 7) is 0. The third-order valence-electron chi connectivity index (χ3n) is 2.65. The lowest BCUT2D eigenvalue weighted by Gasteiger charge is -2.11. The zero-order valence-electron chi connectivity index (χ0n) is 10.9. The molecule has 110 valence electrons. The van der Waals surface area contributed by atoms with Gasteiger partial charge in [-0.05, 0) is 46.3 Å². The van der Waals surface area contributed by atoms with Gasteiger partial charge in [0.25, 0.3) is 0 Å². The number of carbonyl (C=O) groups is 1. The minimum Gasteiger partial charge on any atom is -0.478 e. The highest BCUT2D eigenvalue weighted by Crippen LogP contribution is 2.33. The van der Waals surface area contributed by atoms with E-state index in [2.05, 4.69) is 15.9 Å². The zero-order valence-corrected chi connectivity index (χ0v) is 13.3. The van der Waals surface area contributed by atoms with Crippen molar-refractivity contribution >= 4 is 31.7 Å². The average molecular weight is 371 g/mol. The topological polar surface area (TPSA) is 80.7 Å². The summed E-state index contributed by atoms with van der Waals surface area (Å²) in [7, 11) is -3.45. The summed E-state index contributed by atoms with van der Waals surface area (Å²) in [6.07, 6.45) is 1.08. The monoisotopic (exact) mass is 370 g/mol. The number of rotatable bonds is 4. The number of hydrogen-bond donors (Lipinski definition) is 1. The molecule has 2 rings (SSSR count). The fourth-order valence-corrected chi connectivity index (χ4v) is 2.80. The molecule has 2 aromatic rings. The normalized spacial score (nSPS) is 11.1. The molecule has 0 unspecified atom stereocenters. The van der Waals surface area contributed by atoms with E-state index in [0.717, 1.165) is 6.26 Å². The molecule has 0 aromatic heterocycles. The van der Waals surface area contributed by atoms with Crippen molar-refractivity contribution in [2.75, 3.05) is 6.26 Å². The van der Waals surface area contributed by atoms with Crippen molar-refractivity contribution in [2.45, 2.75) is 4.90 Å². The van der Waals surface area contributed by atoms with Crippen LogP contribution >= 0.6 is 15.9 Å². The van der Waals surface area contributed by atoms with Crippen LogP contribution in [-0.4, -0.2) is 25.7 Å². The lowest BCUT2D eigenvalue weighted by Crippen LogP contribution is -2.01. The first-order valence-corrected chi connectivity index (χ1v) is 8.47. The van der Waals surface area contributed by atoms with Crippen molar-refractivity contribution in [1.82, 2.24) is 0 Å². The molecule has 0 heterocycles. The van der Waals surface area contributed by atoms with Crippen molar-refractivity contribution in [1.29, 1.82) is 0 Å². The molecule has 0 bridgehead atoms. The molecule has 0 radical (unpaired) electrons. The maximum absolute atomic E-state index is 11.7. The Hall–Kier alpha value is -1.86. The zero-order chi connectivity index (χ0) is 15.6. The summed E-state index contributed by atoms with van der Waals surface area (Å²) in [6, 6.07) is 10.4. The fourth-order valence-electron chi connectivity index (χ4n) is 1.67. The van der Waals surface area contributed by atoms with Crippen molar-refractivity contribution in [3.63, 3.8) is 0 Å². The number of ether oxygens (including phenoxy) is 1. The molecule has 0 amide bonds. The second kappa shape index (κ2) is 5.87. The Bertz CT molecular complexity index is 799. The van der Waals surface area contributed by atoms with Crippen LogP contribution in [0.5, 0.6) is 11.5 Å². The quantitative estimate of drug-likeness (QED) is 0.892. The van der Waals surface area contributed by atoms with Crippen LogP contribution in [0.15, 0.2) is 51.8 Å². The Balaban J connectivity index is 2.49. The smallest absolute Gasteiger partial charge is 0.335 e. The number of sulfone groups is 1. The van der Waals surface area contributed by atoms with Gasteiger partial charge in [-0.3, -0.25) is 0 Å². The summed E-state index contributed by atoms with van der Waals surface area (Å²) in [5, 5.41) is 8.98. The van der Waals surface area contributed by atoms with Gasteiger partial charge < -0.3 is 9.84 Å². The van der Waals surface area contributed by atoms with Gasteiger partial charge in [0.1, 0.15) is 16.4 Å². The maximum atomic E-state index is 11.7. The van der Waals surface area contributed by atoms with E-state index in [9.17, 15) is 13.2 Å². The van der Waals surface area contributed by atoms with Crippen LogP contribution in [0, 0.1) is 0 Å². The second-order valence-electron chi connectivity index (χ2n) is 4.27. The van der Waals surface area contributed by atoms with E-state index in [1.807, 2.05) is 0 Å². The summed E-state index contributed by atoms with van der Waals surface area (Å²) < 4.78 is 29.5. The molecule has 7 heteroatoms. The van der Waals surface area contributed by atoms with E-state index in [1.54, 1.807) is 12.1 Å². The Labute approximate surface area is 130 Å². The Morgan fingerprint density at radius 3 is 2.43 bits per heavy atom. The van der Waals surface area contributed by atoms with E-state index < -0.39 is 15.8 Å². The van der Waals surface area contributed by atoms with Gasteiger partial charge in [0.2, 0.25) is 0 Å². The predicted molar refractivity (Wildman–Crippen MR) is 80.7 cm³/mol. The van der Waals surface area contributed by atoms with Gasteiger partial charge in [-0.2, -0.15) is 0 Å².